The Morgan fingerprint density at radius 1 is 1.28 bits per heavy atom. The van der Waals surface area contributed by atoms with E-state index in [2.05, 4.69) is 26.0 Å². The lowest BCUT2D eigenvalue weighted by Crippen LogP contribution is -2.26. The van der Waals surface area contributed by atoms with Crippen molar-refractivity contribution in [1.29, 1.82) is 0 Å². The molecule has 3 rings (SSSR count). The molecule has 1 atom stereocenters. The molecule has 0 spiro atoms. The predicted molar refractivity (Wildman–Crippen MR) is 106 cm³/mol. The van der Waals surface area contributed by atoms with Gasteiger partial charge in [0.15, 0.2) is 0 Å². The lowest BCUT2D eigenvalue weighted by Gasteiger charge is -2.17. The van der Waals surface area contributed by atoms with Gasteiger partial charge in [-0.15, -0.1) is 0 Å². The summed E-state index contributed by atoms with van der Waals surface area (Å²) in [5, 5.41) is 5.29. The van der Waals surface area contributed by atoms with Crippen molar-refractivity contribution in [2.45, 2.75) is 19.9 Å². The number of carbonyl (C=O) groups excluding carboxylic acids is 2. The van der Waals surface area contributed by atoms with Crippen LogP contribution < -0.4 is 16.1 Å². The van der Waals surface area contributed by atoms with Crippen LogP contribution in [0.3, 0.4) is 0 Å². The fourth-order valence-corrected chi connectivity index (χ4v) is 3.26. The number of benzene rings is 1. The average Bonchev–Trinajstić information content (AvgIpc) is 3.08. The molecule has 0 saturated carbocycles. The van der Waals surface area contributed by atoms with Crippen LogP contribution in [0.4, 0.5) is 20.6 Å². The Kier molecular flexibility index (Phi) is 7.09. The molecule has 1 aromatic carbocycles. The SMILES string of the molecule is CC(=O)NOC[C@H]1CCN(Cc2cc(F)cc(NC(=O)Nc3cccnc3)c2)C1. The van der Waals surface area contributed by atoms with Crippen LogP contribution in [0.25, 0.3) is 0 Å². The minimum Gasteiger partial charge on any atom is -0.308 e. The van der Waals surface area contributed by atoms with Gasteiger partial charge in [0.1, 0.15) is 5.82 Å². The van der Waals surface area contributed by atoms with Crippen molar-refractivity contribution < 1.29 is 18.8 Å². The van der Waals surface area contributed by atoms with E-state index in [9.17, 15) is 14.0 Å². The molecule has 2 heterocycles. The number of rotatable bonds is 7. The smallest absolute Gasteiger partial charge is 0.308 e. The second-order valence-electron chi connectivity index (χ2n) is 7.03. The lowest BCUT2D eigenvalue weighted by molar-refractivity contribution is -0.132. The summed E-state index contributed by atoms with van der Waals surface area (Å²) in [6.07, 6.45) is 4.07. The summed E-state index contributed by atoms with van der Waals surface area (Å²) in [6.45, 7) is 4.05. The molecule has 9 heteroatoms. The molecule has 0 aliphatic carbocycles. The summed E-state index contributed by atoms with van der Waals surface area (Å²) in [5.74, 6) is -0.339. The van der Waals surface area contributed by atoms with E-state index in [4.69, 9.17) is 4.84 Å². The van der Waals surface area contributed by atoms with E-state index < -0.39 is 11.8 Å². The number of hydrogen-bond acceptors (Lipinski definition) is 5. The molecule has 1 aromatic heterocycles. The third-order valence-corrected chi connectivity index (χ3v) is 4.45. The van der Waals surface area contributed by atoms with Crippen molar-refractivity contribution in [3.8, 4) is 0 Å². The van der Waals surface area contributed by atoms with Crippen LogP contribution >= 0.6 is 0 Å². The van der Waals surface area contributed by atoms with Crippen LogP contribution in [0.1, 0.15) is 18.9 Å². The van der Waals surface area contributed by atoms with Gasteiger partial charge in [-0.3, -0.25) is 19.5 Å². The largest absolute Gasteiger partial charge is 0.323 e. The van der Waals surface area contributed by atoms with Crippen molar-refractivity contribution in [1.82, 2.24) is 15.4 Å². The van der Waals surface area contributed by atoms with Crippen molar-refractivity contribution in [2.75, 3.05) is 30.3 Å². The fourth-order valence-electron chi connectivity index (χ4n) is 3.26. The lowest BCUT2D eigenvalue weighted by atomic mass is 10.1. The van der Waals surface area contributed by atoms with Gasteiger partial charge in [0, 0.05) is 31.9 Å². The molecule has 1 aliphatic rings. The summed E-state index contributed by atoms with van der Waals surface area (Å²) in [6, 6.07) is 7.45. The number of hydroxylamine groups is 1. The van der Waals surface area contributed by atoms with E-state index in [0.717, 1.165) is 25.1 Å². The summed E-state index contributed by atoms with van der Waals surface area (Å²) in [5.41, 5.74) is 4.03. The molecule has 3 N–H and O–H groups in total. The minimum absolute atomic E-state index is 0.229. The first-order valence-electron chi connectivity index (χ1n) is 9.36. The van der Waals surface area contributed by atoms with Gasteiger partial charge in [-0.05, 0) is 54.8 Å². The number of hydrogen-bond donors (Lipinski definition) is 3. The minimum atomic E-state index is -0.467. The predicted octanol–water partition coefficient (Wildman–Crippen LogP) is 2.75. The first kappa shape index (κ1) is 20.7. The molecule has 1 saturated heterocycles. The van der Waals surface area contributed by atoms with Gasteiger partial charge in [-0.2, -0.15) is 0 Å². The van der Waals surface area contributed by atoms with Crippen molar-refractivity contribution in [3.05, 3.63) is 54.1 Å². The average molecular weight is 401 g/mol. The summed E-state index contributed by atoms with van der Waals surface area (Å²) >= 11 is 0. The number of halogens is 1. The van der Waals surface area contributed by atoms with Crippen LogP contribution in [-0.4, -0.2) is 41.5 Å². The second-order valence-corrected chi connectivity index (χ2v) is 7.03. The third-order valence-electron chi connectivity index (χ3n) is 4.45. The summed E-state index contributed by atoms with van der Waals surface area (Å²) in [7, 11) is 0. The maximum atomic E-state index is 14.0. The molecule has 154 valence electrons. The van der Waals surface area contributed by atoms with E-state index in [-0.39, 0.29) is 5.91 Å². The van der Waals surface area contributed by atoms with Gasteiger partial charge in [0.05, 0.1) is 18.5 Å². The first-order valence-corrected chi connectivity index (χ1v) is 9.36. The van der Waals surface area contributed by atoms with Crippen LogP contribution in [0.15, 0.2) is 42.7 Å². The number of urea groups is 1. The van der Waals surface area contributed by atoms with Gasteiger partial charge in [-0.1, -0.05) is 0 Å². The maximum Gasteiger partial charge on any atom is 0.323 e. The standard InChI is InChI=1S/C20H24FN5O3/c1-14(27)25-29-13-15-4-6-26(11-15)12-16-7-17(21)9-19(8-16)24-20(28)23-18-3-2-5-22-10-18/h2-3,5,7-10,15H,4,6,11-13H2,1H3,(H,25,27)(H2,23,24,28)/t15-/m0/s1. The number of amides is 3. The number of pyridine rings is 1. The van der Waals surface area contributed by atoms with E-state index >= 15 is 0 Å². The number of carbonyl (C=O) groups is 2. The fraction of sp³-hybridized carbons (Fsp3) is 0.350. The third kappa shape index (κ3) is 6.81. The molecular weight excluding hydrogens is 377 g/mol. The van der Waals surface area contributed by atoms with Crippen molar-refractivity contribution >= 4 is 23.3 Å². The van der Waals surface area contributed by atoms with E-state index in [1.807, 2.05) is 0 Å². The number of likely N-dealkylation sites (tertiary alicyclic amines) is 1. The Balaban J connectivity index is 1.52. The van der Waals surface area contributed by atoms with Gasteiger partial charge in [-0.25, -0.2) is 14.7 Å². The summed E-state index contributed by atoms with van der Waals surface area (Å²) < 4.78 is 14.0. The molecule has 0 unspecified atom stereocenters. The van der Waals surface area contributed by atoms with Gasteiger partial charge < -0.3 is 10.6 Å². The maximum absolute atomic E-state index is 14.0. The highest BCUT2D eigenvalue weighted by atomic mass is 19.1. The van der Waals surface area contributed by atoms with Gasteiger partial charge in [0.25, 0.3) is 0 Å². The monoisotopic (exact) mass is 401 g/mol. The zero-order valence-electron chi connectivity index (χ0n) is 16.2. The number of nitrogens with one attached hydrogen (secondary N) is 3. The molecule has 1 fully saturated rings. The molecule has 2 aromatic rings. The van der Waals surface area contributed by atoms with Crippen molar-refractivity contribution in [3.63, 3.8) is 0 Å². The van der Waals surface area contributed by atoms with Crippen LogP contribution in [0, 0.1) is 11.7 Å². The zero-order valence-corrected chi connectivity index (χ0v) is 16.2. The van der Waals surface area contributed by atoms with Gasteiger partial charge >= 0.3 is 6.03 Å². The second kappa shape index (κ2) is 9.94. The Bertz CT molecular complexity index is 849. The highest BCUT2D eigenvalue weighted by molar-refractivity contribution is 5.99. The van der Waals surface area contributed by atoms with E-state index in [1.54, 1.807) is 24.4 Å². The van der Waals surface area contributed by atoms with E-state index in [1.165, 1.54) is 25.3 Å². The van der Waals surface area contributed by atoms with Crippen LogP contribution in [0.5, 0.6) is 0 Å². The summed E-state index contributed by atoms with van der Waals surface area (Å²) in [4.78, 5) is 34.2. The van der Waals surface area contributed by atoms with E-state index in [0.29, 0.717) is 30.4 Å². The molecule has 0 radical (unpaired) electrons. The first-order chi connectivity index (χ1) is 14.0. The number of nitrogens with zero attached hydrogens (tertiary/aromatic N) is 2. The van der Waals surface area contributed by atoms with Crippen LogP contribution in [-0.2, 0) is 16.2 Å². The highest BCUT2D eigenvalue weighted by Crippen LogP contribution is 2.21. The normalized spacial score (nSPS) is 16.4. The molecule has 3 amide bonds. The molecular formula is C20H24FN5O3. The topological polar surface area (TPSA) is 95.6 Å². The Morgan fingerprint density at radius 3 is 2.86 bits per heavy atom. The molecule has 0 bridgehead atoms. The van der Waals surface area contributed by atoms with Crippen LogP contribution in [0.2, 0.25) is 0 Å². The van der Waals surface area contributed by atoms with Gasteiger partial charge in [0.2, 0.25) is 5.91 Å². The Labute approximate surface area is 168 Å². The molecule has 8 nitrogen and oxygen atoms in total. The van der Waals surface area contributed by atoms with Crippen molar-refractivity contribution in [2.24, 2.45) is 5.92 Å². The Morgan fingerprint density at radius 2 is 2.10 bits per heavy atom. The number of aromatic nitrogens is 1. The Hall–Kier alpha value is -3.04. The zero-order chi connectivity index (χ0) is 20.6. The molecule has 1 aliphatic heterocycles. The highest BCUT2D eigenvalue weighted by Gasteiger charge is 2.23. The quantitative estimate of drug-likeness (QED) is 0.620. The molecule has 29 heavy (non-hydrogen) atoms. The number of anilines is 2.